The van der Waals surface area contributed by atoms with Crippen molar-refractivity contribution in [1.82, 2.24) is 19.9 Å². The van der Waals surface area contributed by atoms with E-state index in [0.29, 0.717) is 0 Å². The zero-order valence-corrected chi connectivity index (χ0v) is 32.0. The van der Waals surface area contributed by atoms with Gasteiger partial charge in [0, 0.05) is 11.1 Å². The summed E-state index contributed by atoms with van der Waals surface area (Å²) in [4.78, 5) is 19.8. The van der Waals surface area contributed by atoms with Crippen LogP contribution in [0.25, 0.3) is 22.5 Å². The number of benzene rings is 4. The third-order valence-corrected chi connectivity index (χ3v) is 10.2. The lowest BCUT2D eigenvalue weighted by Crippen LogP contribution is -2.16. The Kier molecular flexibility index (Phi) is 13.7. The van der Waals surface area contributed by atoms with Crippen molar-refractivity contribution in [2.45, 2.75) is 104 Å². The first-order chi connectivity index (χ1) is 26.1. The summed E-state index contributed by atoms with van der Waals surface area (Å²) in [5.41, 5.74) is 12.6. The topological polar surface area (TPSA) is 60.8 Å². The van der Waals surface area contributed by atoms with Crippen LogP contribution in [0.4, 0.5) is 0 Å². The highest BCUT2D eigenvalue weighted by atomic mass is 16.5. The molecule has 0 spiro atoms. The molecular weight excluding hydrogens is 649 g/mol. The van der Waals surface area contributed by atoms with Crippen molar-refractivity contribution >= 4 is 0 Å². The number of hydrogen-bond acceptors (Lipinski definition) is 5. The molecule has 2 unspecified atom stereocenters. The highest BCUT2D eigenvalue weighted by molar-refractivity contribution is 5.59. The first-order valence-corrected chi connectivity index (χ1v) is 19.7. The maximum atomic E-state index is 7.22. The standard InChI is InChI=1S/C48H54N4O/c1-5-9-11-13-37-19-27-41(28-20-37)47(45-33-49-43(31-51-45)39-23-15-35(7-3)16-24-39)53-48(42-29-21-38(22-30-42)14-12-10-6-2)46-34-50-44(32-52-46)40-25-17-36(8-4)18-26-40/h15-34,47-48H,5-14H2,1-4H3. The molecule has 5 nitrogen and oxygen atoms in total. The second kappa shape index (κ2) is 19.2. The molecule has 0 aliphatic carbocycles. The zero-order chi connectivity index (χ0) is 36.8. The molecule has 0 amide bonds. The molecule has 0 aliphatic heterocycles. The number of unbranched alkanes of at least 4 members (excludes halogenated alkanes) is 4. The Hall–Kier alpha value is -5.00. The fourth-order valence-corrected chi connectivity index (χ4v) is 6.72. The van der Waals surface area contributed by atoms with Crippen LogP contribution in [0.2, 0.25) is 0 Å². The maximum absolute atomic E-state index is 7.22. The third kappa shape index (κ3) is 10.1. The van der Waals surface area contributed by atoms with Crippen molar-refractivity contribution in [3.05, 3.63) is 167 Å². The van der Waals surface area contributed by atoms with E-state index in [1.165, 1.54) is 60.8 Å². The second-order valence-corrected chi connectivity index (χ2v) is 14.0. The highest BCUT2D eigenvalue weighted by Crippen LogP contribution is 2.36. The molecule has 6 aromatic rings. The Morgan fingerprint density at radius 2 is 0.792 bits per heavy atom. The minimum absolute atomic E-state index is 0.485. The second-order valence-electron chi connectivity index (χ2n) is 14.0. The Morgan fingerprint density at radius 1 is 0.415 bits per heavy atom. The Labute approximate surface area is 317 Å². The molecule has 53 heavy (non-hydrogen) atoms. The van der Waals surface area contributed by atoms with Gasteiger partial charge in [0.2, 0.25) is 0 Å². The summed E-state index contributed by atoms with van der Waals surface area (Å²) in [6, 6.07) is 34.8. The molecule has 272 valence electrons. The van der Waals surface area contributed by atoms with Crippen molar-refractivity contribution in [1.29, 1.82) is 0 Å². The van der Waals surface area contributed by atoms with Crippen molar-refractivity contribution in [3.63, 3.8) is 0 Å². The van der Waals surface area contributed by atoms with Gasteiger partial charge in [-0.3, -0.25) is 19.9 Å². The van der Waals surface area contributed by atoms with Gasteiger partial charge >= 0.3 is 0 Å². The SMILES string of the molecule is CCCCCc1ccc(C(OC(c2ccc(CCCCC)cc2)c2cnc(-c3ccc(CC)cc3)cn2)c2cnc(-c3ccc(CC)cc3)cn2)cc1. The van der Waals surface area contributed by atoms with E-state index in [4.69, 9.17) is 24.7 Å². The van der Waals surface area contributed by atoms with Gasteiger partial charge in [-0.15, -0.1) is 0 Å². The van der Waals surface area contributed by atoms with Gasteiger partial charge in [-0.05, 0) is 71.9 Å². The molecule has 5 heteroatoms. The molecule has 2 aromatic heterocycles. The number of aryl methyl sites for hydroxylation is 4. The molecule has 0 N–H and O–H groups in total. The number of rotatable bonds is 18. The van der Waals surface area contributed by atoms with E-state index in [1.54, 1.807) is 0 Å². The summed E-state index contributed by atoms with van der Waals surface area (Å²) in [5.74, 6) is 0. The average molecular weight is 703 g/mol. The van der Waals surface area contributed by atoms with Gasteiger partial charge in [0.05, 0.1) is 47.6 Å². The van der Waals surface area contributed by atoms with Crippen molar-refractivity contribution < 1.29 is 4.74 Å². The first kappa shape index (κ1) is 37.7. The average Bonchev–Trinajstić information content (AvgIpc) is 3.22. The zero-order valence-electron chi connectivity index (χ0n) is 32.0. The van der Waals surface area contributed by atoms with Crippen LogP contribution in [0.3, 0.4) is 0 Å². The summed E-state index contributed by atoms with van der Waals surface area (Å²) >= 11 is 0. The van der Waals surface area contributed by atoms with Gasteiger partial charge in [-0.1, -0.05) is 150 Å². The molecule has 0 radical (unpaired) electrons. The fraction of sp³-hybridized carbons (Fsp3) is 0.333. The minimum Gasteiger partial charge on any atom is -0.353 e. The Morgan fingerprint density at radius 3 is 1.11 bits per heavy atom. The van der Waals surface area contributed by atoms with Gasteiger partial charge in [0.15, 0.2) is 0 Å². The monoisotopic (exact) mass is 702 g/mol. The highest BCUT2D eigenvalue weighted by Gasteiger charge is 2.26. The van der Waals surface area contributed by atoms with Crippen molar-refractivity contribution in [3.8, 4) is 22.5 Å². The summed E-state index contributed by atoms with van der Waals surface area (Å²) in [6.45, 7) is 8.83. The van der Waals surface area contributed by atoms with Crippen LogP contribution >= 0.6 is 0 Å². The molecule has 4 aromatic carbocycles. The lowest BCUT2D eigenvalue weighted by molar-refractivity contribution is 0.0258. The molecule has 2 heterocycles. The van der Waals surface area contributed by atoms with Crippen molar-refractivity contribution in [2.24, 2.45) is 0 Å². The van der Waals surface area contributed by atoms with E-state index in [0.717, 1.165) is 70.7 Å². The smallest absolute Gasteiger partial charge is 0.127 e. The molecular formula is C48H54N4O. The summed E-state index contributed by atoms with van der Waals surface area (Å²) < 4.78 is 7.22. The fourth-order valence-electron chi connectivity index (χ4n) is 6.72. The van der Waals surface area contributed by atoms with Crippen LogP contribution in [0, 0.1) is 0 Å². The lowest BCUT2D eigenvalue weighted by Gasteiger charge is -2.25. The van der Waals surface area contributed by atoms with Crippen LogP contribution in [-0.2, 0) is 30.4 Å². The Balaban J connectivity index is 1.36. The molecule has 0 aliphatic rings. The number of ether oxygens (including phenoxy) is 1. The third-order valence-electron chi connectivity index (χ3n) is 10.2. The molecule has 2 atom stereocenters. The molecule has 6 rings (SSSR count). The predicted octanol–water partition coefficient (Wildman–Crippen LogP) is 12.1. The number of nitrogens with zero attached hydrogens (tertiary/aromatic N) is 4. The van der Waals surface area contributed by atoms with E-state index in [9.17, 15) is 0 Å². The quantitative estimate of drug-likeness (QED) is 0.0834. The van der Waals surface area contributed by atoms with E-state index in [1.807, 2.05) is 24.8 Å². The normalized spacial score (nSPS) is 12.5. The molecule has 0 fully saturated rings. The predicted molar refractivity (Wildman–Crippen MR) is 218 cm³/mol. The van der Waals surface area contributed by atoms with Crippen molar-refractivity contribution in [2.75, 3.05) is 0 Å². The largest absolute Gasteiger partial charge is 0.353 e. The van der Waals surface area contributed by atoms with E-state index in [2.05, 4.69) is 125 Å². The summed E-state index contributed by atoms with van der Waals surface area (Å²) in [6.07, 6.45) is 17.9. The summed E-state index contributed by atoms with van der Waals surface area (Å²) in [7, 11) is 0. The van der Waals surface area contributed by atoms with Crippen LogP contribution in [0.1, 0.15) is 123 Å². The van der Waals surface area contributed by atoms with E-state index >= 15 is 0 Å². The minimum atomic E-state index is -0.485. The van der Waals surface area contributed by atoms with Gasteiger partial charge in [-0.25, -0.2) is 0 Å². The summed E-state index contributed by atoms with van der Waals surface area (Å²) in [5, 5.41) is 0. The van der Waals surface area contributed by atoms with E-state index < -0.39 is 12.2 Å². The van der Waals surface area contributed by atoms with Gasteiger partial charge in [-0.2, -0.15) is 0 Å². The van der Waals surface area contributed by atoms with Crippen LogP contribution < -0.4 is 0 Å². The first-order valence-electron chi connectivity index (χ1n) is 19.7. The van der Waals surface area contributed by atoms with Crippen LogP contribution in [0.5, 0.6) is 0 Å². The molecule has 0 saturated carbocycles. The Bertz CT molecular complexity index is 1810. The van der Waals surface area contributed by atoms with Crippen LogP contribution in [0.15, 0.2) is 122 Å². The number of hydrogen-bond donors (Lipinski definition) is 0. The number of aromatic nitrogens is 4. The maximum Gasteiger partial charge on any atom is 0.127 e. The van der Waals surface area contributed by atoms with Gasteiger partial charge in [0.25, 0.3) is 0 Å². The lowest BCUT2D eigenvalue weighted by atomic mass is 9.99. The van der Waals surface area contributed by atoms with Gasteiger partial charge < -0.3 is 4.74 Å². The molecule has 0 bridgehead atoms. The van der Waals surface area contributed by atoms with E-state index in [-0.39, 0.29) is 0 Å². The van der Waals surface area contributed by atoms with Crippen LogP contribution in [-0.4, -0.2) is 19.9 Å². The molecule has 0 saturated heterocycles. The van der Waals surface area contributed by atoms with Gasteiger partial charge in [0.1, 0.15) is 12.2 Å².